The van der Waals surface area contributed by atoms with Crippen molar-refractivity contribution in [3.05, 3.63) is 24.0 Å². The molecule has 5 heteroatoms. The molecular formula is C19H31N3O2. The molecule has 1 fully saturated rings. The molecule has 134 valence electrons. The zero-order valence-corrected chi connectivity index (χ0v) is 15.7. The van der Waals surface area contributed by atoms with Crippen molar-refractivity contribution in [3.63, 3.8) is 0 Å². The third kappa shape index (κ3) is 4.86. The number of hydrogen-bond acceptors (Lipinski definition) is 2. The zero-order chi connectivity index (χ0) is 17.9. The molecule has 0 bridgehead atoms. The van der Waals surface area contributed by atoms with Gasteiger partial charge in [-0.2, -0.15) is 0 Å². The average molecular weight is 333 g/mol. The van der Waals surface area contributed by atoms with Crippen LogP contribution in [0.5, 0.6) is 0 Å². The van der Waals surface area contributed by atoms with Crippen molar-refractivity contribution in [2.45, 2.75) is 53.1 Å². The molecular weight excluding hydrogens is 302 g/mol. The van der Waals surface area contributed by atoms with Gasteiger partial charge in [0.2, 0.25) is 11.8 Å². The highest BCUT2D eigenvalue weighted by Gasteiger charge is 2.35. The van der Waals surface area contributed by atoms with Crippen molar-refractivity contribution in [1.82, 2.24) is 14.4 Å². The number of aromatic nitrogens is 1. The van der Waals surface area contributed by atoms with Gasteiger partial charge in [0, 0.05) is 37.4 Å². The minimum atomic E-state index is -0.0650. The molecule has 1 aliphatic rings. The summed E-state index contributed by atoms with van der Waals surface area (Å²) in [6.45, 7) is 9.54. The number of aryl methyl sites for hydroxylation is 1. The first-order valence-corrected chi connectivity index (χ1v) is 8.98. The van der Waals surface area contributed by atoms with Gasteiger partial charge in [0.25, 0.3) is 0 Å². The minimum Gasteiger partial charge on any atom is -0.353 e. The fourth-order valence-electron chi connectivity index (χ4n) is 2.90. The zero-order valence-electron chi connectivity index (χ0n) is 15.7. The first-order chi connectivity index (χ1) is 11.3. The van der Waals surface area contributed by atoms with E-state index in [-0.39, 0.29) is 30.3 Å². The highest BCUT2D eigenvalue weighted by Crippen LogP contribution is 2.28. The number of carbonyl (C=O) groups is 2. The predicted octanol–water partition coefficient (Wildman–Crippen LogP) is 2.66. The van der Waals surface area contributed by atoms with Crippen molar-refractivity contribution in [2.75, 3.05) is 13.1 Å². The maximum absolute atomic E-state index is 12.9. The van der Waals surface area contributed by atoms with Gasteiger partial charge in [-0.3, -0.25) is 9.59 Å². The van der Waals surface area contributed by atoms with Gasteiger partial charge in [-0.1, -0.05) is 27.7 Å². The summed E-state index contributed by atoms with van der Waals surface area (Å²) in [6.07, 6.45) is 4.04. The summed E-state index contributed by atoms with van der Waals surface area (Å²) in [7, 11) is 1.99. The highest BCUT2D eigenvalue weighted by molar-refractivity contribution is 5.86. The van der Waals surface area contributed by atoms with E-state index in [1.807, 2.05) is 48.7 Å². The fourth-order valence-corrected chi connectivity index (χ4v) is 2.90. The van der Waals surface area contributed by atoms with Crippen molar-refractivity contribution < 1.29 is 9.59 Å². The third-order valence-corrected chi connectivity index (χ3v) is 4.41. The van der Waals surface area contributed by atoms with E-state index in [0.717, 1.165) is 18.5 Å². The maximum Gasteiger partial charge on any atom is 0.242 e. The molecule has 0 aromatic carbocycles. The second kappa shape index (κ2) is 7.86. The summed E-state index contributed by atoms with van der Waals surface area (Å²) in [5, 5.41) is 0. The summed E-state index contributed by atoms with van der Waals surface area (Å²) < 4.78 is 2.04. The molecule has 1 saturated carbocycles. The van der Waals surface area contributed by atoms with Crippen LogP contribution in [0.2, 0.25) is 0 Å². The summed E-state index contributed by atoms with van der Waals surface area (Å²) >= 11 is 0. The van der Waals surface area contributed by atoms with Crippen LogP contribution in [0.4, 0.5) is 0 Å². The van der Waals surface area contributed by atoms with Gasteiger partial charge in [-0.05, 0) is 30.9 Å². The van der Waals surface area contributed by atoms with Crippen LogP contribution < -0.4 is 0 Å². The van der Waals surface area contributed by atoms with Gasteiger partial charge in [0.15, 0.2) is 0 Å². The predicted molar refractivity (Wildman–Crippen MR) is 95.2 cm³/mol. The minimum absolute atomic E-state index is 0.0470. The van der Waals surface area contributed by atoms with E-state index in [4.69, 9.17) is 0 Å². The molecule has 1 aromatic heterocycles. The first kappa shape index (κ1) is 18.6. The van der Waals surface area contributed by atoms with Crippen molar-refractivity contribution in [1.29, 1.82) is 0 Å². The lowest BCUT2D eigenvalue weighted by molar-refractivity contribution is -0.143. The Morgan fingerprint density at radius 2 is 1.92 bits per heavy atom. The van der Waals surface area contributed by atoms with Crippen LogP contribution in [0.25, 0.3) is 0 Å². The van der Waals surface area contributed by atoms with Gasteiger partial charge >= 0.3 is 0 Å². The van der Waals surface area contributed by atoms with Crippen molar-refractivity contribution in [3.8, 4) is 0 Å². The van der Waals surface area contributed by atoms with Crippen LogP contribution in [0, 0.1) is 11.8 Å². The van der Waals surface area contributed by atoms with Gasteiger partial charge in [0.05, 0.1) is 6.54 Å². The lowest BCUT2D eigenvalue weighted by Crippen LogP contribution is -2.46. The van der Waals surface area contributed by atoms with Gasteiger partial charge in [0.1, 0.15) is 6.54 Å². The maximum atomic E-state index is 12.9. The summed E-state index contributed by atoms with van der Waals surface area (Å²) in [4.78, 5) is 29.0. The molecule has 5 nitrogen and oxygen atoms in total. The van der Waals surface area contributed by atoms with Crippen LogP contribution in [-0.2, 0) is 23.2 Å². The van der Waals surface area contributed by atoms with Crippen LogP contribution in [-0.4, -0.2) is 45.3 Å². The molecule has 1 aromatic rings. The highest BCUT2D eigenvalue weighted by atomic mass is 16.2. The smallest absolute Gasteiger partial charge is 0.242 e. The second-order valence-electron chi connectivity index (χ2n) is 7.63. The van der Waals surface area contributed by atoms with Crippen molar-refractivity contribution in [2.24, 2.45) is 18.9 Å². The Morgan fingerprint density at radius 1 is 1.25 bits per heavy atom. The molecule has 0 unspecified atom stereocenters. The molecule has 2 rings (SSSR count). The summed E-state index contributed by atoms with van der Waals surface area (Å²) in [5.74, 6) is 0.467. The Balaban J connectivity index is 2.08. The number of amides is 2. The van der Waals surface area contributed by atoms with Crippen LogP contribution in [0.1, 0.15) is 46.2 Å². The molecule has 0 saturated heterocycles. The monoisotopic (exact) mass is 333 g/mol. The Morgan fingerprint density at radius 3 is 2.38 bits per heavy atom. The van der Waals surface area contributed by atoms with E-state index in [1.165, 1.54) is 0 Å². The molecule has 0 N–H and O–H groups in total. The van der Waals surface area contributed by atoms with Gasteiger partial charge in [-0.15, -0.1) is 0 Å². The second-order valence-corrected chi connectivity index (χ2v) is 7.63. The molecule has 0 spiro atoms. The van der Waals surface area contributed by atoms with E-state index in [1.54, 1.807) is 4.90 Å². The molecule has 1 heterocycles. The van der Waals surface area contributed by atoms with E-state index in [9.17, 15) is 9.59 Å². The van der Waals surface area contributed by atoms with Gasteiger partial charge < -0.3 is 14.4 Å². The van der Waals surface area contributed by atoms with Crippen LogP contribution in [0.3, 0.4) is 0 Å². The lowest BCUT2D eigenvalue weighted by Gasteiger charge is -2.30. The van der Waals surface area contributed by atoms with Gasteiger partial charge in [-0.25, -0.2) is 0 Å². The molecule has 0 aliphatic heterocycles. The topological polar surface area (TPSA) is 45.6 Å². The summed E-state index contributed by atoms with van der Waals surface area (Å²) in [5.41, 5.74) is 1.11. The number of rotatable bonds is 8. The van der Waals surface area contributed by atoms with Crippen molar-refractivity contribution >= 4 is 11.8 Å². The molecule has 0 radical (unpaired) electrons. The largest absolute Gasteiger partial charge is 0.353 e. The lowest BCUT2D eigenvalue weighted by atomic mass is 10.1. The van der Waals surface area contributed by atoms with E-state index in [2.05, 4.69) is 13.8 Å². The molecule has 1 aliphatic carbocycles. The van der Waals surface area contributed by atoms with E-state index >= 15 is 0 Å². The Kier molecular flexibility index (Phi) is 6.08. The number of nitrogens with zero attached hydrogens (tertiary/aromatic N) is 3. The average Bonchev–Trinajstić information content (AvgIpc) is 3.26. The molecule has 0 atom stereocenters. The Hall–Kier alpha value is -1.78. The quantitative estimate of drug-likeness (QED) is 0.734. The van der Waals surface area contributed by atoms with E-state index in [0.29, 0.717) is 19.0 Å². The summed E-state index contributed by atoms with van der Waals surface area (Å²) in [6, 6.07) is 4.30. The van der Waals surface area contributed by atoms with Crippen LogP contribution >= 0.6 is 0 Å². The number of carbonyl (C=O) groups excluding carboxylic acids is 2. The van der Waals surface area contributed by atoms with Crippen LogP contribution in [0.15, 0.2) is 18.3 Å². The Labute approximate surface area is 145 Å². The molecule has 2 amide bonds. The normalized spacial score (nSPS) is 14.3. The third-order valence-electron chi connectivity index (χ3n) is 4.41. The van der Waals surface area contributed by atoms with E-state index < -0.39 is 0 Å². The fraction of sp³-hybridized carbons (Fsp3) is 0.684. The Bertz CT molecular complexity index is 573. The first-order valence-electron chi connectivity index (χ1n) is 8.98. The standard InChI is InChI=1S/C19H31N3O2/c1-14(2)11-21(12-17-7-6-10-20(17)5)18(23)13-22(16-8-9-16)19(24)15(3)4/h6-7,10,14-16H,8-9,11-13H2,1-5H3. The molecule has 24 heavy (non-hydrogen) atoms. The number of hydrogen-bond donors (Lipinski definition) is 0. The SMILES string of the molecule is CC(C)CN(Cc1cccn1C)C(=O)CN(C(=O)C(C)C)C1CC1.